The van der Waals surface area contributed by atoms with Crippen LogP contribution in [0.15, 0.2) is 65.7 Å². The molecule has 1 amide bonds. The Kier molecular flexibility index (Phi) is 5.95. The minimum atomic E-state index is 0.0569. The van der Waals surface area contributed by atoms with Gasteiger partial charge in [-0.1, -0.05) is 47.1 Å². The van der Waals surface area contributed by atoms with Gasteiger partial charge in [0.15, 0.2) is 0 Å². The first-order valence-corrected chi connectivity index (χ1v) is 11.0. The molecule has 2 aromatic carbocycles. The third-order valence-corrected chi connectivity index (χ3v) is 5.81. The maximum atomic E-state index is 12.9. The number of rotatable bonds is 6. The molecular formula is C24H25N7O2. The van der Waals surface area contributed by atoms with E-state index < -0.39 is 0 Å². The van der Waals surface area contributed by atoms with E-state index in [9.17, 15) is 4.79 Å². The quantitative estimate of drug-likeness (QED) is 0.452. The largest absolute Gasteiger partial charge is 0.338 e. The molecule has 0 saturated carbocycles. The minimum absolute atomic E-state index is 0.0569. The van der Waals surface area contributed by atoms with Crippen LogP contribution >= 0.6 is 0 Å². The van der Waals surface area contributed by atoms with Crippen molar-refractivity contribution in [1.82, 2.24) is 34.7 Å². The first-order chi connectivity index (χ1) is 16.1. The van der Waals surface area contributed by atoms with Crippen molar-refractivity contribution in [2.75, 3.05) is 26.2 Å². The van der Waals surface area contributed by atoms with Crippen LogP contribution in [0.3, 0.4) is 0 Å². The Bertz CT molecular complexity index is 1190. The molecule has 9 heteroatoms. The highest BCUT2D eigenvalue weighted by atomic mass is 16.5. The third-order valence-electron chi connectivity index (χ3n) is 5.81. The maximum Gasteiger partial charge on any atom is 0.253 e. The first kappa shape index (κ1) is 21.0. The van der Waals surface area contributed by atoms with Gasteiger partial charge in [0, 0.05) is 37.3 Å². The molecule has 0 aliphatic carbocycles. The number of carbonyl (C=O) groups excluding carboxylic acids is 1. The number of carbonyl (C=O) groups is 1. The molecule has 9 nitrogen and oxygen atoms in total. The van der Waals surface area contributed by atoms with Gasteiger partial charge in [-0.15, -0.1) is 0 Å². The SMILES string of the molecule is Cc1ccc(-c2noc(CN3CCN(C(=O)c4ccc(Cn5cncn5)cc4)CC3)n2)cc1. The predicted molar refractivity (Wildman–Crippen MR) is 121 cm³/mol. The van der Waals surface area contributed by atoms with Crippen molar-refractivity contribution in [3.8, 4) is 11.4 Å². The van der Waals surface area contributed by atoms with E-state index in [-0.39, 0.29) is 5.91 Å². The van der Waals surface area contributed by atoms with Gasteiger partial charge in [0.05, 0.1) is 13.1 Å². The fourth-order valence-corrected chi connectivity index (χ4v) is 3.88. The lowest BCUT2D eigenvalue weighted by molar-refractivity contribution is 0.0615. The average Bonchev–Trinajstić information content (AvgIpc) is 3.53. The van der Waals surface area contributed by atoms with Crippen molar-refractivity contribution in [3.05, 3.63) is 83.8 Å². The fraction of sp³-hybridized carbons (Fsp3) is 0.292. The molecule has 0 bridgehead atoms. The molecule has 1 fully saturated rings. The lowest BCUT2D eigenvalue weighted by atomic mass is 10.1. The second kappa shape index (κ2) is 9.33. The molecule has 1 aliphatic heterocycles. The van der Waals surface area contributed by atoms with E-state index in [2.05, 4.69) is 25.1 Å². The molecule has 0 atom stereocenters. The van der Waals surface area contributed by atoms with Gasteiger partial charge in [0.2, 0.25) is 11.7 Å². The van der Waals surface area contributed by atoms with Gasteiger partial charge in [0.1, 0.15) is 12.7 Å². The molecule has 4 aromatic rings. The summed E-state index contributed by atoms with van der Waals surface area (Å²) in [6, 6.07) is 15.7. The van der Waals surface area contributed by atoms with Crippen LogP contribution in [0, 0.1) is 6.92 Å². The Labute approximate surface area is 191 Å². The van der Waals surface area contributed by atoms with Gasteiger partial charge in [-0.3, -0.25) is 9.69 Å². The number of nitrogens with zero attached hydrogens (tertiary/aromatic N) is 7. The van der Waals surface area contributed by atoms with Gasteiger partial charge in [-0.05, 0) is 24.6 Å². The fourth-order valence-electron chi connectivity index (χ4n) is 3.88. The Hall–Kier alpha value is -3.85. The minimum Gasteiger partial charge on any atom is -0.338 e. The Morgan fingerprint density at radius 1 is 0.970 bits per heavy atom. The second-order valence-corrected chi connectivity index (χ2v) is 8.24. The van der Waals surface area contributed by atoms with Gasteiger partial charge in [-0.25, -0.2) is 9.67 Å². The Morgan fingerprint density at radius 2 is 1.73 bits per heavy atom. The highest BCUT2D eigenvalue weighted by Crippen LogP contribution is 2.18. The summed E-state index contributed by atoms with van der Waals surface area (Å²) in [4.78, 5) is 25.5. The highest BCUT2D eigenvalue weighted by molar-refractivity contribution is 5.94. The summed E-state index contributed by atoms with van der Waals surface area (Å²) >= 11 is 0. The van der Waals surface area contributed by atoms with Gasteiger partial charge in [0.25, 0.3) is 5.91 Å². The zero-order chi connectivity index (χ0) is 22.6. The van der Waals surface area contributed by atoms with Crippen molar-refractivity contribution in [2.45, 2.75) is 20.0 Å². The van der Waals surface area contributed by atoms with Crippen LogP contribution in [0.5, 0.6) is 0 Å². The summed E-state index contributed by atoms with van der Waals surface area (Å²) in [5.41, 5.74) is 3.91. The van der Waals surface area contributed by atoms with E-state index in [1.807, 2.05) is 60.4 Å². The summed E-state index contributed by atoms with van der Waals surface area (Å²) in [5.74, 6) is 1.25. The number of hydrogen-bond donors (Lipinski definition) is 0. The zero-order valence-corrected chi connectivity index (χ0v) is 18.5. The molecule has 5 rings (SSSR count). The van der Waals surface area contributed by atoms with Crippen molar-refractivity contribution >= 4 is 5.91 Å². The summed E-state index contributed by atoms with van der Waals surface area (Å²) in [7, 11) is 0. The molecule has 1 saturated heterocycles. The number of piperazine rings is 1. The molecule has 1 aliphatic rings. The first-order valence-electron chi connectivity index (χ1n) is 11.0. The summed E-state index contributed by atoms with van der Waals surface area (Å²) < 4.78 is 7.20. The number of benzene rings is 2. The number of hydrogen-bond acceptors (Lipinski definition) is 7. The third kappa shape index (κ3) is 4.98. The molecule has 2 aromatic heterocycles. The van der Waals surface area contributed by atoms with Crippen LogP contribution in [-0.2, 0) is 13.1 Å². The van der Waals surface area contributed by atoms with E-state index in [4.69, 9.17) is 4.52 Å². The van der Waals surface area contributed by atoms with Gasteiger partial charge in [-0.2, -0.15) is 10.1 Å². The van der Waals surface area contributed by atoms with E-state index in [0.29, 0.717) is 43.5 Å². The molecule has 168 valence electrons. The molecule has 0 unspecified atom stereocenters. The van der Waals surface area contributed by atoms with E-state index in [1.165, 1.54) is 11.9 Å². The van der Waals surface area contributed by atoms with Gasteiger partial charge < -0.3 is 9.42 Å². The molecule has 0 radical (unpaired) electrons. The van der Waals surface area contributed by atoms with Crippen molar-refractivity contribution in [1.29, 1.82) is 0 Å². The summed E-state index contributed by atoms with van der Waals surface area (Å²) in [5, 5.41) is 8.22. The van der Waals surface area contributed by atoms with E-state index >= 15 is 0 Å². The highest BCUT2D eigenvalue weighted by Gasteiger charge is 2.23. The standard InChI is InChI=1S/C24H25N7O2/c1-18-2-6-20(7-3-18)23-27-22(33-28-23)15-29-10-12-30(13-11-29)24(32)21-8-4-19(5-9-21)14-31-17-25-16-26-31/h2-9,16-17H,10-15H2,1H3. The molecule has 0 spiro atoms. The zero-order valence-electron chi connectivity index (χ0n) is 18.5. The van der Waals surface area contributed by atoms with Crippen LogP contribution in [0.4, 0.5) is 0 Å². The second-order valence-electron chi connectivity index (χ2n) is 8.24. The maximum absolute atomic E-state index is 12.9. The number of aryl methyl sites for hydroxylation is 1. The molecular weight excluding hydrogens is 418 g/mol. The molecule has 33 heavy (non-hydrogen) atoms. The normalized spacial score (nSPS) is 14.5. The van der Waals surface area contributed by atoms with Crippen molar-refractivity contribution in [3.63, 3.8) is 0 Å². The summed E-state index contributed by atoms with van der Waals surface area (Å²) in [6.45, 7) is 6.12. The average molecular weight is 444 g/mol. The van der Waals surface area contributed by atoms with Crippen LogP contribution in [0.25, 0.3) is 11.4 Å². The topological polar surface area (TPSA) is 93.2 Å². The Morgan fingerprint density at radius 3 is 2.42 bits per heavy atom. The van der Waals surface area contributed by atoms with E-state index in [1.54, 1.807) is 11.0 Å². The van der Waals surface area contributed by atoms with Crippen LogP contribution in [0.1, 0.15) is 27.4 Å². The number of amides is 1. The molecule has 3 heterocycles. The predicted octanol–water partition coefficient (Wildman–Crippen LogP) is 2.64. The van der Waals surface area contributed by atoms with Crippen LogP contribution in [-0.4, -0.2) is 66.8 Å². The number of aromatic nitrogens is 5. The van der Waals surface area contributed by atoms with Crippen LogP contribution < -0.4 is 0 Å². The Balaban J connectivity index is 1.13. The van der Waals surface area contributed by atoms with Crippen LogP contribution in [0.2, 0.25) is 0 Å². The van der Waals surface area contributed by atoms with Crippen molar-refractivity contribution < 1.29 is 9.32 Å². The van der Waals surface area contributed by atoms with E-state index in [0.717, 1.165) is 24.2 Å². The summed E-state index contributed by atoms with van der Waals surface area (Å²) in [6.07, 6.45) is 3.19. The molecule has 0 N–H and O–H groups in total. The lowest BCUT2D eigenvalue weighted by Crippen LogP contribution is -2.48. The van der Waals surface area contributed by atoms with Gasteiger partial charge >= 0.3 is 0 Å². The smallest absolute Gasteiger partial charge is 0.253 e. The monoisotopic (exact) mass is 443 g/mol. The van der Waals surface area contributed by atoms with Crippen molar-refractivity contribution in [2.24, 2.45) is 0 Å². The lowest BCUT2D eigenvalue weighted by Gasteiger charge is -2.34.